The number of rotatable bonds is 4. The van der Waals surface area contributed by atoms with E-state index in [0.29, 0.717) is 18.0 Å². The Morgan fingerprint density at radius 1 is 1.21 bits per heavy atom. The largest absolute Gasteiger partial charge is 0.330 e. The Balaban J connectivity index is 2.16. The van der Waals surface area contributed by atoms with E-state index in [1.165, 1.54) is 36.0 Å². The number of hydrogen-bond acceptors (Lipinski definition) is 2. The van der Waals surface area contributed by atoms with Gasteiger partial charge in [0, 0.05) is 12.1 Å². The van der Waals surface area contributed by atoms with Crippen molar-refractivity contribution in [1.29, 1.82) is 0 Å². The van der Waals surface area contributed by atoms with Crippen LogP contribution in [0, 0.1) is 19.8 Å². The van der Waals surface area contributed by atoms with E-state index in [0.717, 1.165) is 6.54 Å². The van der Waals surface area contributed by atoms with Crippen molar-refractivity contribution in [3.63, 3.8) is 0 Å². The van der Waals surface area contributed by atoms with Gasteiger partial charge in [-0.1, -0.05) is 35.7 Å². The number of hydrogen-bond donors (Lipinski definition) is 1. The van der Waals surface area contributed by atoms with E-state index in [2.05, 4.69) is 50.9 Å². The second kappa shape index (κ2) is 6.06. The number of nitrogens with zero attached hydrogens (tertiary/aromatic N) is 1. The summed E-state index contributed by atoms with van der Waals surface area (Å²) in [6, 6.07) is 8.01. The first kappa shape index (κ1) is 14.5. The quantitative estimate of drug-likeness (QED) is 0.898. The lowest BCUT2D eigenvalue weighted by Crippen LogP contribution is -2.39. The molecule has 1 aromatic rings. The molecule has 0 heterocycles. The molecule has 1 saturated carbocycles. The molecule has 0 aromatic heterocycles. The van der Waals surface area contributed by atoms with Gasteiger partial charge >= 0.3 is 0 Å². The molecule has 0 radical (unpaired) electrons. The summed E-state index contributed by atoms with van der Waals surface area (Å²) in [6.45, 7) is 7.51. The molecule has 0 aliphatic heterocycles. The lowest BCUT2D eigenvalue weighted by molar-refractivity contribution is 0.152. The second-order valence-electron chi connectivity index (χ2n) is 6.26. The van der Waals surface area contributed by atoms with Crippen LogP contribution in [0.3, 0.4) is 0 Å². The van der Waals surface area contributed by atoms with Crippen LogP contribution in [0.25, 0.3) is 0 Å². The van der Waals surface area contributed by atoms with Crippen LogP contribution in [0.2, 0.25) is 0 Å². The molecule has 2 heteroatoms. The van der Waals surface area contributed by atoms with Crippen molar-refractivity contribution in [3.8, 4) is 0 Å². The first-order valence-electron chi connectivity index (χ1n) is 7.53. The van der Waals surface area contributed by atoms with Gasteiger partial charge in [0.2, 0.25) is 0 Å². The van der Waals surface area contributed by atoms with E-state index in [4.69, 9.17) is 5.73 Å². The standard InChI is InChI=1S/C17H28N2/c1-12-8-13(2)10-16(9-12)14(3)19(4)17-7-5-6-15(17)11-18/h8-10,14-15,17H,5-7,11,18H2,1-4H3. The molecule has 0 bridgehead atoms. The Hall–Kier alpha value is -0.860. The van der Waals surface area contributed by atoms with E-state index in [-0.39, 0.29) is 0 Å². The van der Waals surface area contributed by atoms with E-state index >= 15 is 0 Å². The Morgan fingerprint density at radius 2 is 1.84 bits per heavy atom. The van der Waals surface area contributed by atoms with Gasteiger partial charge in [0.15, 0.2) is 0 Å². The summed E-state index contributed by atoms with van der Waals surface area (Å²) in [5.74, 6) is 0.679. The summed E-state index contributed by atoms with van der Waals surface area (Å²) < 4.78 is 0. The fourth-order valence-corrected chi connectivity index (χ4v) is 3.60. The van der Waals surface area contributed by atoms with Crippen molar-refractivity contribution >= 4 is 0 Å². The van der Waals surface area contributed by atoms with Crippen molar-refractivity contribution in [2.24, 2.45) is 11.7 Å². The Bertz CT molecular complexity index is 407. The van der Waals surface area contributed by atoms with Crippen LogP contribution in [0.4, 0.5) is 0 Å². The maximum absolute atomic E-state index is 5.92. The summed E-state index contributed by atoms with van der Waals surface area (Å²) >= 11 is 0. The van der Waals surface area contributed by atoms with Gasteiger partial charge in [-0.05, 0) is 58.7 Å². The third-order valence-electron chi connectivity index (χ3n) is 4.78. The minimum atomic E-state index is 0.468. The Morgan fingerprint density at radius 3 is 2.42 bits per heavy atom. The van der Waals surface area contributed by atoms with E-state index < -0.39 is 0 Å². The highest BCUT2D eigenvalue weighted by molar-refractivity contribution is 5.30. The molecule has 2 nitrogen and oxygen atoms in total. The van der Waals surface area contributed by atoms with Crippen LogP contribution in [-0.2, 0) is 0 Å². The predicted molar refractivity (Wildman–Crippen MR) is 82.3 cm³/mol. The van der Waals surface area contributed by atoms with Crippen LogP contribution in [-0.4, -0.2) is 24.5 Å². The minimum absolute atomic E-state index is 0.468. The van der Waals surface area contributed by atoms with Gasteiger partial charge in [0.25, 0.3) is 0 Å². The lowest BCUT2D eigenvalue weighted by atomic mass is 9.97. The van der Waals surface area contributed by atoms with Gasteiger partial charge in [-0.3, -0.25) is 4.90 Å². The van der Waals surface area contributed by atoms with Gasteiger partial charge in [-0.2, -0.15) is 0 Å². The maximum atomic E-state index is 5.92. The Kier molecular flexibility index (Phi) is 4.64. The zero-order valence-electron chi connectivity index (χ0n) is 12.8. The molecule has 2 rings (SSSR count). The highest BCUT2D eigenvalue weighted by atomic mass is 15.2. The number of aryl methyl sites for hydroxylation is 2. The lowest BCUT2D eigenvalue weighted by Gasteiger charge is -2.34. The molecule has 1 aliphatic carbocycles. The van der Waals surface area contributed by atoms with Crippen molar-refractivity contribution in [2.75, 3.05) is 13.6 Å². The van der Waals surface area contributed by atoms with Crippen molar-refractivity contribution < 1.29 is 0 Å². The second-order valence-corrected chi connectivity index (χ2v) is 6.26. The number of benzene rings is 1. The first-order valence-corrected chi connectivity index (χ1v) is 7.53. The maximum Gasteiger partial charge on any atom is 0.0320 e. The third kappa shape index (κ3) is 3.18. The van der Waals surface area contributed by atoms with E-state index in [1.807, 2.05) is 0 Å². The number of nitrogens with two attached hydrogens (primary N) is 1. The Labute approximate surface area is 118 Å². The van der Waals surface area contributed by atoms with Crippen LogP contribution in [0.5, 0.6) is 0 Å². The topological polar surface area (TPSA) is 29.3 Å². The summed E-state index contributed by atoms with van der Waals surface area (Å²) in [5.41, 5.74) is 10.1. The van der Waals surface area contributed by atoms with Gasteiger partial charge in [0.1, 0.15) is 0 Å². The molecule has 3 atom stereocenters. The molecule has 106 valence electrons. The van der Waals surface area contributed by atoms with Gasteiger partial charge in [-0.15, -0.1) is 0 Å². The molecule has 0 amide bonds. The smallest absolute Gasteiger partial charge is 0.0320 e. The molecule has 3 unspecified atom stereocenters. The highest BCUT2D eigenvalue weighted by Crippen LogP contribution is 2.33. The zero-order chi connectivity index (χ0) is 14.0. The predicted octanol–water partition coefficient (Wildman–Crippen LogP) is 3.42. The van der Waals surface area contributed by atoms with E-state index in [9.17, 15) is 0 Å². The average Bonchev–Trinajstić information content (AvgIpc) is 2.84. The van der Waals surface area contributed by atoms with Gasteiger partial charge in [-0.25, -0.2) is 0 Å². The zero-order valence-corrected chi connectivity index (χ0v) is 12.8. The minimum Gasteiger partial charge on any atom is -0.330 e. The van der Waals surface area contributed by atoms with Gasteiger partial charge < -0.3 is 5.73 Å². The SMILES string of the molecule is Cc1cc(C)cc(C(C)N(C)C2CCCC2CN)c1. The summed E-state index contributed by atoms with van der Waals surface area (Å²) in [4.78, 5) is 2.54. The molecule has 0 spiro atoms. The fraction of sp³-hybridized carbons (Fsp3) is 0.647. The third-order valence-corrected chi connectivity index (χ3v) is 4.78. The summed E-state index contributed by atoms with van der Waals surface area (Å²) in [6.07, 6.45) is 3.93. The van der Waals surface area contributed by atoms with Gasteiger partial charge in [0.05, 0.1) is 0 Å². The molecule has 2 N–H and O–H groups in total. The van der Waals surface area contributed by atoms with Crippen molar-refractivity contribution in [3.05, 3.63) is 34.9 Å². The monoisotopic (exact) mass is 260 g/mol. The molecule has 0 saturated heterocycles. The van der Waals surface area contributed by atoms with Crippen molar-refractivity contribution in [1.82, 2.24) is 4.90 Å². The van der Waals surface area contributed by atoms with E-state index in [1.54, 1.807) is 0 Å². The molecular weight excluding hydrogens is 232 g/mol. The molecular formula is C17H28N2. The average molecular weight is 260 g/mol. The van der Waals surface area contributed by atoms with Crippen LogP contribution >= 0.6 is 0 Å². The summed E-state index contributed by atoms with van der Waals surface area (Å²) in [7, 11) is 2.26. The molecule has 1 aliphatic rings. The molecule has 1 fully saturated rings. The van der Waals surface area contributed by atoms with Crippen LogP contribution < -0.4 is 5.73 Å². The molecule has 19 heavy (non-hydrogen) atoms. The first-order chi connectivity index (χ1) is 9.02. The van der Waals surface area contributed by atoms with Crippen molar-refractivity contribution in [2.45, 2.75) is 52.1 Å². The normalized spacial score (nSPS) is 24.9. The van der Waals surface area contributed by atoms with Crippen LogP contribution in [0.15, 0.2) is 18.2 Å². The molecule has 1 aromatic carbocycles. The highest BCUT2D eigenvalue weighted by Gasteiger charge is 2.31. The fourth-order valence-electron chi connectivity index (χ4n) is 3.60. The van der Waals surface area contributed by atoms with Crippen LogP contribution in [0.1, 0.15) is 48.9 Å². The summed E-state index contributed by atoms with van der Waals surface area (Å²) in [5, 5.41) is 0.